The molecule has 1 aromatic carbocycles. The van der Waals surface area contributed by atoms with Crippen LogP contribution in [0, 0.1) is 11.6 Å². The molecule has 0 fully saturated rings. The van der Waals surface area contributed by atoms with E-state index in [-0.39, 0.29) is 8.45 Å². The molecule has 0 radical (unpaired) electrons. The fraction of sp³-hybridized carbons (Fsp3) is 0.125. The summed E-state index contributed by atoms with van der Waals surface area (Å²) in [5, 5.41) is 0. The van der Waals surface area contributed by atoms with Gasteiger partial charge in [-0.1, -0.05) is 0 Å². The van der Waals surface area contributed by atoms with Gasteiger partial charge < -0.3 is 0 Å². The van der Waals surface area contributed by atoms with Crippen LogP contribution in [0.2, 0.25) is 8.45 Å². The first-order valence-corrected chi connectivity index (χ1v) is 8.87. The average molecular weight is 291 g/mol. The maximum atomic E-state index is 14.1. The zero-order valence-electron chi connectivity index (χ0n) is 10.3. The molecule has 2 aliphatic rings. The molecular weight excluding hydrogens is 278 g/mol. The Morgan fingerprint density at radius 1 is 0.737 bits per heavy atom. The Balaban J connectivity index is 2.08. The molecule has 3 heteroatoms. The fourth-order valence-corrected chi connectivity index (χ4v) is 7.45. The Morgan fingerprint density at radius 3 is 1.58 bits per heavy atom. The van der Waals surface area contributed by atoms with Gasteiger partial charge in [0.1, 0.15) is 0 Å². The van der Waals surface area contributed by atoms with Gasteiger partial charge in [0.25, 0.3) is 0 Å². The van der Waals surface area contributed by atoms with Crippen LogP contribution in [0.4, 0.5) is 8.78 Å². The van der Waals surface area contributed by atoms with E-state index in [0.717, 1.165) is 0 Å². The van der Waals surface area contributed by atoms with Crippen molar-refractivity contribution in [2.75, 3.05) is 0 Å². The van der Waals surface area contributed by atoms with E-state index < -0.39 is 29.5 Å². The van der Waals surface area contributed by atoms with E-state index in [1.807, 2.05) is 24.3 Å². The van der Waals surface area contributed by atoms with Crippen LogP contribution in [0.15, 0.2) is 66.8 Å². The number of allylic oxidation sites excluding steroid dienone is 8. The van der Waals surface area contributed by atoms with Crippen LogP contribution in [-0.4, -0.2) is 0 Å². The van der Waals surface area contributed by atoms with Crippen molar-refractivity contribution in [1.82, 2.24) is 0 Å². The summed E-state index contributed by atoms with van der Waals surface area (Å²) in [6, 6.07) is 4.18. The molecule has 0 atom stereocenters. The number of hydrogen-bond acceptors (Lipinski definition) is 0. The van der Waals surface area contributed by atoms with Crippen LogP contribution < -0.4 is 3.87 Å². The van der Waals surface area contributed by atoms with Gasteiger partial charge in [0.2, 0.25) is 0 Å². The molecule has 0 bridgehead atoms. The van der Waals surface area contributed by atoms with Gasteiger partial charge in [-0.25, -0.2) is 0 Å². The van der Waals surface area contributed by atoms with Crippen LogP contribution in [0.5, 0.6) is 0 Å². The normalized spacial score (nSPS) is 17.8. The Labute approximate surface area is 117 Å². The Morgan fingerprint density at radius 2 is 1.16 bits per heavy atom. The molecule has 0 saturated carbocycles. The van der Waals surface area contributed by atoms with Crippen molar-refractivity contribution in [3.05, 3.63) is 78.4 Å². The van der Waals surface area contributed by atoms with Crippen LogP contribution in [0.3, 0.4) is 0 Å². The molecule has 0 N–H and O–H groups in total. The standard InChI is InChI=1S/C6H3F2.2C5H5.Ti/c7-5-2-1-3-6(8)4-5;2*1-2-4-5-3-1;/h1-3H;2*1-5H;. The summed E-state index contributed by atoms with van der Waals surface area (Å²) in [6.45, 7) is 0. The summed E-state index contributed by atoms with van der Waals surface area (Å²) < 4.78 is 29.0. The second-order valence-electron chi connectivity index (χ2n) is 4.64. The second-order valence-corrected chi connectivity index (χ2v) is 8.93. The summed E-state index contributed by atoms with van der Waals surface area (Å²) in [5.41, 5.74) is 0. The molecule has 2 aliphatic carbocycles. The molecule has 0 spiro atoms. The summed E-state index contributed by atoms with van der Waals surface area (Å²) in [4.78, 5) is 0. The van der Waals surface area contributed by atoms with Crippen molar-refractivity contribution in [2.45, 2.75) is 8.45 Å². The monoisotopic (exact) mass is 291 g/mol. The Bertz CT molecular complexity index is 527. The summed E-state index contributed by atoms with van der Waals surface area (Å²) in [7, 11) is 0. The number of hydrogen-bond donors (Lipinski definition) is 0. The third-order valence-corrected chi connectivity index (χ3v) is 8.56. The molecule has 0 heterocycles. The predicted octanol–water partition coefficient (Wildman–Crippen LogP) is 4.04. The van der Waals surface area contributed by atoms with E-state index >= 15 is 0 Å². The zero-order valence-corrected chi connectivity index (χ0v) is 11.8. The van der Waals surface area contributed by atoms with Crippen LogP contribution in [0.1, 0.15) is 0 Å². The van der Waals surface area contributed by atoms with E-state index in [1.54, 1.807) is 0 Å². The minimum atomic E-state index is -2.20. The van der Waals surface area contributed by atoms with Gasteiger partial charge >= 0.3 is 117 Å². The molecular formula is C16H13F2Ti. The van der Waals surface area contributed by atoms with Crippen LogP contribution >= 0.6 is 0 Å². The van der Waals surface area contributed by atoms with Crippen molar-refractivity contribution in [3.8, 4) is 0 Å². The number of rotatable bonds is 3. The molecule has 0 unspecified atom stereocenters. The van der Waals surface area contributed by atoms with Crippen molar-refractivity contribution >= 4 is 3.87 Å². The summed E-state index contributed by atoms with van der Waals surface area (Å²) in [6.07, 6.45) is 16.2. The topological polar surface area (TPSA) is 0 Å². The first-order chi connectivity index (χ1) is 9.27. The molecule has 1 aromatic rings. The van der Waals surface area contributed by atoms with Gasteiger partial charge in [0.15, 0.2) is 0 Å². The maximum absolute atomic E-state index is 14.1. The Hall–Kier alpha value is -1.25. The van der Waals surface area contributed by atoms with Crippen LogP contribution in [-0.2, 0) is 17.9 Å². The number of benzene rings is 1. The van der Waals surface area contributed by atoms with Gasteiger partial charge in [-0.2, -0.15) is 0 Å². The first kappa shape index (κ1) is 12.8. The average Bonchev–Trinajstić information content (AvgIpc) is 3.07. The van der Waals surface area contributed by atoms with Gasteiger partial charge in [0.05, 0.1) is 0 Å². The molecule has 3 rings (SSSR count). The van der Waals surface area contributed by atoms with Gasteiger partial charge in [-0.3, -0.25) is 0 Å². The molecule has 0 aromatic heterocycles. The van der Waals surface area contributed by atoms with Gasteiger partial charge in [-0.15, -0.1) is 0 Å². The third-order valence-electron chi connectivity index (χ3n) is 3.47. The summed E-state index contributed by atoms with van der Waals surface area (Å²) in [5.74, 6) is -0.783. The quantitative estimate of drug-likeness (QED) is 0.737. The van der Waals surface area contributed by atoms with E-state index in [9.17, 15) is 8.78 Å². The predicted molar refractivity (Wildman–Crippen MR) is 70.1 cm³/mol. The summed E-state index contributed by atoms with van der Waals surface area (Å²) >= 11 is -2.20. The van der Waals surface area contributed by atoms with E-state index in [2.05, 4.69) is 24.3 Å². The third kappa shape index (κ3) is 2.43. The number of halogens is 2. The van der Waals surface area contributed by atoms with E-state index in [0.29, 0.717) is 3.87 Å². The van der Waals surface area contributed by atoms with Crippen molar-refractivity contribution in [2.24, 2.45) is 0 Å². The molecule has 0 saturated heterocycles. The van der Waals surface area contributed by atoms with Crippen molar-refractivity contribution in [1.29, 1.82) is 0 Å². The first-order valence-electron chi connectivity index (χ1n) is 6.28. The van der Waals surface area contributed by atoms with Crippen molar-refractivity contribution < 1.29 is 26.7 Å². The molecule has 95 valence electrons. The molecule has 0 nitrogen and oxygen atoms in total. The van der Waals surface area contributed by atoms with Gasteiger partial charge in [0, 0.05) is 0 Å². The molecule has 19 heavy (non-hydrogen) atoms. The Kier molecular flexibility index (Phi) is 3.63. The van der Waals surface area contributed by atoms with E-state index in [1.165, 1.54) is 18.2 Å². The minimum absolute atomic E-state index is 0.198. The van der Waals surface area contributed by atoms with Crippen molar-refractivity contribution in [3.63, 3.8) is 0 Å². The molecule has 0 aliphatic heterocycles. The van der Waals surface area contributed by atoms with Crippen LogP contribution in [0.25, 0.3) is 0 Å². The van der Waals surface area contributed by atoms with E-state index in [4.69, 9.17) is 0 Å². The second kappa shape index (κ2) is 5.40. The fourth-order valence-electron chi connectivity index (χ4n) is 2.61. The van der Waals surface area contributed by atoms with Gasteiger partial charge in [-0.05, 0) is 0 Å². The zero-order chi connectivity index (χ0) is 13.2. The SMILES string of the molecule is Fc1cccc(F)[c]1[Ti]([CH]1C=CC=C1)[CH]1C=CC=C1. The molecule has 0 amide bonds.